The van der Waals surface area contributed by atoms with Gasteiger partial charge in [-0.2, -0.15) is 0 Å². The van der Waals surface area contributed by atoms with Crippen LogP contribution in [0.3, 0.4) is 0 Å². The number of ether oxygens (including phenoxy) is 1. The molecule has 1 unspecified atom stereocenters. The van der Waals surface area contributed by atoms with Gasteiger partial charge < -0.3 is 9.84 Å². The molecule has 0 aromatic rings. The summed E-state index contributed by atoms with van der Waals surface area (Å²) in [5.41, 5.74) is -0.240. The SMILES string of the molecule is CC1(CO)CCCCCO1. The van der Waals surface area contributed by atoms with Gasteiger partial charge in [-0.1, -0.05) is 12.8 Å². The summed E-state index contributed by atoms with van der Waals surface area (Å²) in [6, 6.07) is 0. The van der Waals surface area contributed by atoms with Crippen LogP contribution < -0.4 is 0 Å². The molecule has 10 heavy (non-hydrogen) atoms. The van der Waals surface area contributed by atoms with Crippen LogP contribution in [0, 0.1) is 0 Å². The standard InChI is InChI=1S/C8H16O2/c1-8(7-9)5-3-2-4-6-10-8/h9H,2-7H2,1H3. The van der Waals surface area contributed by atoms with Crippen LogP contribution in [-0.4, -0.2) is 23.9 Å². The number of hydrogen-bond donors (Lipinski definition) is 1. The van der Waals surface area contributed by atoms with E-state index in [1.54, 1.807) is 0 Å². The zero-order valence-corrected chi connectivity index (χ0v) is 6.60. The Morgan fingerprint density at radius 2 is 2.20 bits per heavy atom. The van der Waals surface area contributed by atoms with E-state index in [0.29, 0.717) is 0 Å². The molecule has 1 heterocycles. The molecular weight excluding hydrogens is 128 g/mol. The Kier molecular flexibility index (Phi) is 2.69. The summed E-state index contributed by atoms with van der Waals surface area (Å²) in [6.07, 6.45) is 4.59. The van der Waals surface area contributed by atoms with E-state index in [9.17, 15) is 0 Å². The molecule has 0 amide bonds. The van der Waals surface area contributed by atoms with Gasteiger partial charge in [-0.15, -0.1) is 0 Å². The monoisotopic (exact) mass is 144 g/mol. The van der Waals surface area contributed by atoms with Gasteiger partial charge in [0.15, 0.2) is 0 Å². The largest absolute Gasteiger partial charge is 0.393 e. The molecule has 0 saturated carbocycles. The van der Waals surface area contributed by atoms with Crippen LogP contribution in [0.25, 0.3) is 0 Å². The summed E-state index contributed by atoms with van der Waals surface area (Å²) >= 11 is 0. The molecule has 0 aromatic heterocycles. The second-order valence-electron chi connectivity index (χ2n) is 3.27. The van der Waals surface area contributed by atoms with Crippen LogP contribution in [0.4, 0.5) is 0 Å². The van der Waals surface area contributed by atoms with Crippen molar-refractivity contribution in [3.63, 3.8) is 0 Å². The lowest BCUT2D eigenvalue weighted by Gasteiger charge is -2.25. The van der Waals surface area contributed by atoms with Crippen LogP contribution in [0.5, 0.6) is 0 Å². The second kappa shape index (κ2) is 3.35. The normalized spacial score (nSPS) is 35.4. The summed E-state index contributed by atoms with van der Waals surface area (Å²) in [5.74, 6) is 0. The average molecular weight is 144 g/mol. The van der Waals surface area contributed by atoms with Crippen molar-refractivity contribution in [1.82, 2.24) is 0 Å². The van der Waals surface area contributed by atoms with Crippen LogP contribution in [0.2, 0.25) is 0 Å². The Hall–Kier alpha value is -0.0800. The molecule has 0 aromatic carbocycles. The summed E-state index contributed by atoms with van der Waals surface area (Å²) < 4.78 is 5.49. The smallest absolute Gasteiger partial charge is 0.0884 e. The minimum atomic E-state index is -0.240. The maximum Gasteiger partial charge on any atom is 0.0884 e. The van der Waals surface area contributed by atoms with Gasteiger partial charge in [-0.25, -0.2) is 0 Å². The van der Waals surface area contributed by atoms with Crippen LogP contribution in [0.15, 0.2) is 0 Å². The zero-order valence-electron chi connectivity index (χ0n) is 6.60. The fourth-order valence-electron chi connectivity index (χ4n) is 1.29. The molecule has 0 radical (unpaired) electrons. The predicted molar refractivity (Wildman–Crippen MR) is 39.9 cm³/mol. The summed E-state index contributed by atoms with van der Waals surface area (Å²) in [4.78, 5) is 0. The highest BCUT2D eigenvalue weighted by Gasteiger charge is 2.24. The van der Waals surface area contributed by atoms with E-state index in [1.807, 2.05) is 6.92 Å². The molecule has 60 valence electrons. The lowest BCUT2D eigenvalue weighted by Crippen LogP contribution is -2.32. The fourth-order valence-corrected chi connectivity index (χ4v) is 1.29. The van der Waals surface area contributed by atoms with Gasteiger partial charge in [-0.05, 0) is 19.8 Å². The topological polar surface area (TPSA) is 29.5 Å². The quantitative estimate of drug-likeness (QED) is 0.601. The highest BCUT2D eigenvalue weighted by atomic mass is 16.5. The Bertz CT molecular complexity index is 93.4. The molecule has 0 bridgehead atoms. The Morgan fingerprint density at radius 1 is 1.40 bits per heavy atom. The molecular formula is C8H16O2. The lowest BCUT2D eigenvalue weighted by atomic mass is 10.0. The van der Waals surface area contributed by atoms with E-state index in [-0.39, 0.29) is 12.2 Å². The number of rotatable bonds is 1. The Balaban J connectivity index is 2.41. The van der Waals surface area contributed by atoms with Crippen molar-refractivity contribution in [3.8, 4) is 0 Å². The van der Waals surface area contributed by atoms with Crippen molar-refractivity contribution < 1.29 is 9.84 Å². The van der Waals surface area contributed by atoms with Crippen molar-refractivity contribution in [2.24, 2.45) is 0 Å². The van der Waals surface area contributed by atoms with Gasteiger partial charge in [-0.3, -0.25) is 0 Å². The molecule has 1 saturated heterocycles. The van der Waals surface area contributed by atoms with Crippen molar-refractivity contribution in [3.05, 3.63) is 0 Å². The molecule has 2 nitrogen and oxygen atoms in total. The predicted octanol–water partition coefficient (Wildman–Crippen LogP) is 1.33. The Labute approximate surface area is 62.2 Å². The highest BCUT2D eigenvalue weighted by molar-refractivity contribution is 4.75. The molecule has 0 spiro atoms. The van der Waals surface area contributed by atoms with Crippen LogP contribution in [-0.2, 0) is 4.74 Å². The average Bonchev–Trinajstić information content (AvgIpc) is 2.15. The van der Waals surface area contributed by atoms with E-state index in [2.05, 4.69) is 0 Å². The molecule has 1 aliphatic heterocycles. The maximum atomic E-state index is 8.95. The third-order valence-electron chi connectivity index (χ3n) is 2.13. The first kappa shape index (κ1) is 8.02. The van der Waals surface area contributed by atoms with Crippen molar-refractivity contribution in [2.45, 2.75) is 38.2 Å². The molecule has 1 rings (SSSR count). The van der Waals surface area contributed by atoms with E-state index in [1.165, 1.54) is 12.8 Å². The van der Waals surface area contributed by atoms with Gasteiger partial charge in [0.1, 0.15) is 0 Å². The molecule has 1 aliphatic rings. The molecule has 0 aliphatic carbocycles. The van der Waals surface area contributed by atoms with Gasteiger partial charge in [0, 0.05) is 6.61 Å². The first-order chi connectivity index (χ1) is 4.77. The fraction of sp³-hybridized carbons (Fsp3) is 1.00. The van der Waals surface area contributed by atoms with Gasteiger partial charge in [0.05, 0.1) is 12.2 Å². The van der Waals surface area contributed by atoms with Crippen molar-refractivity contribution in [2.75, 3.05) is 13.2 Å². The third kappa shape index (κ3) is 1.96. The van der Waals surface area contributed by atoms with E-state index in [0.717, 1.165) is 19.4 Å². The van der Waals surface area contributed by atoms with E-state index in [4.69, 9.17) is 9.84 Å². The molecule has 1 fully saturated rings. The molecule has 1 N–H and O–H groups in total. The highest BCUT2D eigenvalue weighted by Crippen LogP contribution is 2.22. The first-order valence-corrected chi connectivity index (χ1v) is 4.02. The first-order valence-electron chi connectivity index (χ1n) is 4.02. The second-order valence-corrected chi connectivity index (χ2v) is 3.27. The third-order valence-corrected chi connectivity index (χ3v) is 2.13. The van der Waals surface area contributed by atoms with Crippen molar-refractivity contribution in [1.29, 1.82) is 0 Å². The van der Waals surface area contributed by atoms with Gasteiger partial charge >= 0.3 is 0 Å². The zero-order chi connectivity index (χ0) is 7.45. The number of aliphatic hydroxyl groups excluding tert-OH is 1. The van der Waals surface area contributed by atoms with E-state index < -0.39 is 0 Å². The van der Waals surface area contributed by atoms with E-state index >= 15 is 0 Å². The summed E-state index contributed by atoms with van der Waals surface area (Å²) in [7, 11) is 0. The minimum absolute atomic E-state index is 0.160. The van der Waals surface area contributed by atoms with Gasteiger partial charge in [0.2, 0.25) is 0 Å². The summed E-state index contributed by atoms with van der Waals surface area (Å²) in [5, 5.41) is 8.95. The maximum absolute atomic E-state index is 8.95. The minimum Gasteiger partial charge on any atom is -0.393 e. The van der Waals surface area contributed by atoms with Crippen LogP contribution in [0.1, 0.15) is 32.6 Å². The summed E-state index contributed by atoms with van der Waals surface area (Å²) in [6.45, 7) is 2.96. The Morgan fingerprint density at radius 3 is 2.90 bits per heavy atom. The lowest BCUT2D eigenvalue weighted by molar-refractivity contribution is -0.0637. The van der Waals surface area contributed by atoms with Crippen molar-refractivity contribution >= 4 is 0 Å². The van der Waals surface area contributed by atoms with Gasteiger partial charge in [0.25, 0.3) is 0 Å². The number of aliphatic hydroxyl groups is 1. The molecule has 1 atom stereocenters. The van der Waals surface area contributed by atoms with Crippen LogP contribution >= 0.6 is 0 Å². The number of hydrogen-bond acceptors (Lipinski definition) is 2. The molecule has 2 heteroatoms.